The van der Waals surface area contributed by atoms with Crippen LogP contribution in [0.5, 0.6) is 0 Å². The number of nitrogens with zero attached hydrogens (tertiary/aromatic N) is 1. The molecule has 3 aliphatic rings. The van der Waals surface area contributed by atoms with Gasteiger partial charge < -0.3 is 30.8 Å². The summed E-state index contributed by atoms with van der Waals surface area (Å²) in [5, 5.41) is 5.78. The summed E-state index contributed by atoms with van der Waals surface area (Å²) < 4.78 is 27.1. The van der Waals surface area contributed by atoms with Gasteiger partial charge in [-0.25, -0.2) is 4.57 Å². The van der Waals surface area contributed by atoms with E-state index in [0.29, 0.717) is 6.29 Å². The highest BCUT2D eigenvalue weighted by Gasteiger charge is 2.53. The summed E-state index contributed by atoms with van der Waals surface area (Å²) in [5.41, 5.74) is 5.09. The molecule has 0 saturated carbocycles. The Balaban J connectivity index is 1.71. The van der Waals surface area contributed by atoms with E-state index in [1.165, 1.54) is 0 Å². The summed E-state index contributed by atoms with van der Waals surface area (Å²) in [6.45, 7) is -0.203. The lowest BCUT2D eigenvalue weighted by Crippen LogP contribution is -2.64. The number of ether oxygens (including phenoxy) is 1. The number of aldehydes is 1. The van der Waals surface area contributed by atoms with Gasteiger partial charge in [0.1, 0.15) is 24.2 Å². The highest BCUT2D eigenvalue weighted by atomic mass is 31.2. The summed E-state index contributed by atoms with van der Waals surface area (Å²) in [6, 6.07) is -0.708. The molecule has 4 heterocycles. The second-order valence-corrected chi connectivity index (χ2v) is 7.04. The number of H-pyrrole nitrogens is 1. The number of carbonyl (C=O) groups is 1. The van der Waals surface area contributed by atoms with Gasteiger partial charge in [-0.1, -0.05) is 0 Å². The molecule has 130 valence electrons. The number of rotatable bonds is 1. The fourth-order valence-corrected chi connectivity index (χ4v) is 4.10. The van der Waals surface area contributed by atoms with Gasteiger partial charge in [0, 0.05) is 0 Å². The molecule has 0 aromatic carbocycles. The van der Waals surface area contributed by atoms with Crippen LogP contribution in [0.1, 0.15) is 0 Å². The standard InChI is InChI=1S/C11H14N5O7P/c12-11-15-8-6(9(18)16-11)13-5-3(1-17)7-4(22-10(5)14-8)2-21-24(19,20)23-7/h1,3-5,7,10,13H,2H2,(H,19,20)(H4,12,14,15,16,18). The first-order valence-electron chi connectivity index (χ1n) is 7.07. The molecule has 3 aliphatic heterocycles. The number of phosphoric acid groups is 1. The molecule has 24 heavy (non-hydrogen) atoms. The van der Waals surface area contributed by atoms with Crippen LogP contribution in [-0.2, 0) is 23.1 Å². The number of fused-ring (bicyclic) bond motifs is 3. The SMILES string of the molecule is Nc1nc2c(c(=O)[nH]1)NC1C(N2)OC2COP(=O)(O)OC2C1C=O. The number of aromatic amines is 1. The van der Waals surface area contributed by atoms with Gasteiger partial charge >= 0.3 is 7.82 Å². The Morgan fingerprint density at radius 3 is 2.96 bits per heavy atom. The maximum atomic E-state index is 12.0. The molecule has 0 bridgehead atoms. The minimum absolute atomic E-state index is 0.0716. The number of nitrogens with one attached hydrogen (secondary N) is 3. The predicted octanol–water partition coefficient (Wildman–Crippen LogP) is -1.39. The first kappa shape index (κ1) is 15.5. The number of hydrogen-bond donors (Lipinski definition) is 5. The van der Waals surface area contributed by atoms with Gasteiger partial charge in [-0.3, -0.25) is 18.8 Å². The molecule has 6 unspecified atom stereocenters. The molecule has 13 heteroatoms. The molecular formula is C11H14N5O7P. The molecule has 0 amide bonds. The van der Waals surface area contributed by atoms with Crippen LogP contribution in [0, 0.1) is 5.92 Å². The zero-order chi connectivity index (χ0) is 17.1. The third-order valence-corrected chi connectivity index (χ3v) is 5.13. The molecule has 4 rings (SSSR count). The molecule has 0 radical (unpaired) electrons. The molecule has 6 N–H and O–H groups in total. The summed E-state index contributed by atoms with van der Waals surface area (Å²) in [4.78, 5) is 39.4. The van der Waals surface area contributed by atoms with Crippen LogP contribution in [0.25, 0.3) is 0 Å². The molecular weight excluding hydrogens is 345 g/mol. The summed E-state index contributed by atoms with van der Waals surface area (Å²) >= 11 is 0. The third kappa shape index (κ3) is 2.39. The number of aromatic nitrogens is 2. The first-order chi connectivity index (χ1) is 11.4. The van der Waals surface area contributed by atoms with Crippen molar-refractivity contribution in [2.24, 2.45) is 5.92 Å². The van der Waals surface area contributed by atoms with Gasteiger partial charge in [-0.15, -0.1) is 0 Å². The van der Waals surface area contributed by atoms with Crippen LogP contribution in [0.3, 0.4) is 0 Å². The number of anilines is 3. The van der Waals surface area contributed by atoms with Crippen LogP contribution >= 0.6 is 7.82 Å². The first-order valence-corrected chi connectivity index (χ1v) is 8.57. The zero-order valence-corrected chi connectivity index (χ0v) is 12.9. The molecule has 12 nitrogen and oxygen atoms in total. The summed E-state index contributed by atoms with van der Waals surface area (Å²) in [5.74, 6) is -0.737. The van der Waals surface area contributed by atoms with Crippen LogP contribution < -0.4 is 21.9 Å². The molecule has 2 fully saturated rings. The Kier molecular flexibility index (Phi) is 3.41. The quantitative estimate of drug-likeness (QED) is 0.294. The van der Waals surface area contributed by atoms with E-state index in [2.05, 4.69) is 20.6 Å². The van der Waals surface area contributed by atoms with E-state index in [1.807, 2.05) is 0 Å². The van der Waals surface area contributed by atoms with Crippen molar-refractivity contribution >= 4 is 31.6 Å². The molecule has 1 aromatic rings. The maximum Gasteiger partial charge on any atom is 0.472 e. The second kappa shape index (κ2) is 5.26. The monoisotopic (exact) mass is 359 g/mol. The lowest BCUT2D eigenvalue weighted by molar-refractivity contribution is -0.172. The van der Waals surface area contributed by atoms with Crippen molar-refractivity contribution in [3.05, 3.63) is 10.4 Å². The Hall–Kier alpha value is -1.98. The molecule has 0 spiro atoms. The lowest BCUT2D eigenvalue weighted by Gasteiger charge is -2.48. The Bertz CT molecular complexity index is 799. The van der Waals surface area contributed by atoms with Crippen molar-refractivity contribution < 1.29 is 28.0 Å². The van der Waals surface area contributed by atoms with E-state index >= 15 is 0 Å². The highest BCUT2D eigenvalue weighted by molar-refractivity contribution is 7.47. The molecule has 6 atom stereocenters. The van der Waals surface area contributed by atoms with E-state index in [4.69, 9.17) is 19.5 Å². The lowest BCUT2D eigenvalue weighted by atomic mass is 9.86. The van der Waals surface area contributed by atoms with Gasteiger partial charge in [0.25, 0.3) is 5.56 Å². The van der Waals surface area contributed by atoms with E-state index in [0.717, 1.165) is 0 Å². The highest BCUT2D eigenvalue weighted by Crippen LogP contribution is 2.52. The van der Waals surface area contributed by atoms with Gasteiger partial charge in [-0.2, -0.15) is 4.98 Å². The molecule has 1 aromatic heterocycles. The topological polar surface area (TPSA) is 178 Å². The summed E-state index contributed by atoms with van der Waals surface area (Å²) in [6.07, 6.45) is -1.84. The number of hydrogen-bond acceptors (Lipinski definition) is 10. The Labute approximate surface area is 134 Å². The minimum atomic E-state index is -4.24. The van der Waals surface area contributed by atoms with Gasteiger partial charge in [0.05, 0.1) is 18.6 Å². The van der Waals surface area contributed by atoms with Gasteiger partial charge in [0.15, 0.2) is 12.0 Å². The fraction of sp³-hybridized carbons (Fsp3) is 0.545. The number of carbonyl (C=O) groups excluding carboxylic acids is 1. The van der Waals surface area contributed by atoms with E-state index in [-0.39, 0.29) is 24.1 Å². The van der Waals surface area contributed by atoms with Crippen molar-refractivity contribution in [1.82, 2.24) is 9.97 Å². The predicted molar refractivity (Wildman–Crippen MR) is 79.2 cm³/mol. The second-order valence-electron chi connectivity index (χ2n) is 5.63. The van der Waals surface area contributed by atoms with Crippen LogP contribution in [-0.4, -0.2) is 52.2 Å². The minimum Gasteiger partial charge on any atom is -0.369 e. The number of nitrogen functional groups attached to an aromatic ring is 1. The van der Waals surface area contributed by atoms with Gasteiger partial charge in [0.2, 0.25) is 5.95 Å². The van der Waals surface area contributed by atoms with Crippen molar-refractivity contribution in [1.29, 1.82) is 0 Å². The van der Waals surface area contributed by atoms with E-state index in [9.17, 15) is 19.0 Å². The Morgan fingerprint density at radius 1 is 1.42 bits per heavy atom. The largest absolute Gasteiger partial charge is 0.472 e. The number of nitrogens with two attached hydrogens (primary N) is 1. The van der Waals surface area contributed by atoms with Crippen LogP contribution in [0.2, 0.25) is 0 Å². The van der Waals surface area contributed by atoms with Crippen molar-refractivity contribution in [2.45, 2.75) is 24.5 Å². The van der Waals surface area contributed by atoms with Gasteiger partial charge in [-0.05, 0) is 0 Å². The number of phosphoric ester groups is 1. The average molecular weight is 359 g/mol. The van der Waals surface area contributed by atoms with Crippen LogP contribution in [0.4, 0.5) is 17.5 Å². The van der Waals surface area contributed by atoms with Crippen molar-refractivity contribution in [2.75, 3.05) is 23.0 Å². The maximum absolute atomic E-state index is 12.0. The molecule has 0 aliphatic carbocycles. The summed E-state index contributed by atoms with van der Waals surface area (Å²) in [7, 11) is -4.24. The van der Waals surface area contributed by atoms with Crippen molar-refractivity contribution in [3.63, 3.8) is 0 Å². The van der Waals surface area contributed by atoms with Crippen molar-refractivity contribution in [3.8, 4) is 0 Å². The van der Waals surface area contributed by atoms with E-state index < -0.39 is 43.8 Å². The van der Waals surface area contributed by atoms with Crippen LogP contribution in [0.15, 0.2) is 4.79 Å². The average Bonchev–Trinajstić information content (AvgIpc) is 2.50. The van der Waals surface area contributed by atoms with E-state index in [1.54, 1.807) is 0 Å². The fourth-order valence-electron chi connectivity index (χ4n) is 3.12. The molecule has 2 saturated heterocycles. The normalized spacial score (nSPS) is 40.3. The Morgan fingerprint density at radius 2 is 2.21 bits per heavy atom. The smallest absolute Gasteiger partial charge is 0.369 e. The third-order valence-electron chi connectivity index (χ3n) is 4.15. The zero-order valence-electron chi connectivity index (χ0n) is 12.0.